The van der Waals surface area contributed by atoms with Crippen molar-refractivity contribution in [3.63, 3.8) is 0 Å². The molecular formula is C14H9Cl2FO3. The number of carboxylic acid groups (broad SMARTS) is 1. The minimum atomic E-state index is -1.35. The molecule has 2 aromatic rings. The van der Waals surface area contributed by atoms with Gasteiger partial charge in [-0.1, -0.05) is 29.3 Å². The first kappa shape index (κ1) is 14.6. The molecule has 0 fully saturated rings. The second kappa shape index (κ2) is 5.69. The standard InChI is InChI=1S/C14H9Cl2FO3/c1-20-13-6-10(15)8(5-11(13)16)7-2-3-12(17)9(4-7)14(18)19/h2-6H,1H3,(H,18,19). The van der Waals surface area contributed by atoms with Crippen LogP contribution in [0.1, 0.15) is 10.4 Å². The molecule has 20 heavy (non-hydrogen) atoms. The van der Waals surface area contributed by atoms with E-state index in [1.165, 1.54) is 25.3 Å². The topological polar surface area (TPSA) is 46.5 Å². The number of hydrogen-bond acceptors (Lipinski definition) is 2. The van der Waals surface area contributed by atoms with Crippen molar-refractivity contribution in [3.8, 4) is 16.9 Å². The number of carbonyl (C=O) groups is 1. The molecule has 0 aliphatic heterocycles. The SMILES string of the molecule is COc1cc(Cl)c(-c2ccc(F)c(C(=O)O)c2)cc1Cl. The van der Waals surface area contributed by atoms with Crippen molar-refractivity contribution in [2.24, 2.45) is 0 Å². The van der Waals surface area contributed by atoms with Crippen LogP contribution in [0.2, 0.25) is 10.0 Å². The summed E-state index contributed by atoms with van der Waals surface area (Å²) >= 11 is 12.1. The molecule has 6 heteroatoms. The summed E-state index contributed by atoms with van der Waals surface area (Å²) in [4.78, 5) is 10.9. The van der Waals surface area contributed by atoms with E-state index in [1.807, 2.05) is 0 Å². The number of rotatable bonds is 3. The number of methoxy groups -OCH3 is 1. The normalized spacial score (nSPS) is 10.4. The molecule has 1 N–H and O–H groups in total. The van der Waals surface area contributed by atoms with E-state index in [2.05, 4.69) is 0 Å². The largest absolute Gasteiger partial charge is 0.495 e. The van der Waals surface area contributed by atoms with Gasteiger partial charge < -0.3 is 9.84 Å². The maximum absolute atomic E-state index is 13.4. The van der Waals surface area contributed by atoms with Gasteiger partial charge in [0.25, 0.3) is 0 Å². The van der Waals surface area contributed by atoms with Crippen LogP contribution in [0.4, 0.5) is 4.39 Å². The molecule has 0 bridgehead atoms. The highest BCUT2D eigenvalue weighted by molar-refractivity contribution is 6.36. The van der Waals surface area contributed by atoms with Crippen LogP contribution < -0.4 is 4.74 Å². The lowest BCUT2D eigenvalue weighted by molar-refractivity contribution is 0.0692. The fourth-order valence-corrected chi connectivity index (χ4v) is 2.27. The van der Waals surface area contributed by atoms with E-state index in [1.54, 1.807) is 6.07 Å². The number of hydrogen-bond donors (Lipinski definition) is 1. The van der Waals surface area contributed by atoms with E-state index >= 15 is 0 Å². The van der Waals surface area contributed by atoms with Crippen molar-refractivity contribution >= 4 is 29.2 Å². The Morgan fingerprint density at radius 3 is 2.50 bits per heavy atom. The minimum Gasteiger partial charge on any atom is -0.495 e. The molecular weight excluding hydrogens is 306 g/mol. The van der Waals surface area contributed by atoms with Crippen LogP contribution in [-0.2, 0) is 0 Å². The summed E-state index contributed by atoms with van der Waals surface area (Å²) in [5, 5.41) is 9.58. The van der Waals surface area contributed by atoms with E-state index in [9.17, 15) is 9.18 Å². The summed E-state index contributed by atoms with van der Waals surface area (Å²) in [6, 6.07) is 6.78. The molecule has 0 aliphatic carbocycles. The zero-order valence-corrected chi connectivity index (χ0v) is 11.8. The quantitative estimate of drug-likeness (QED) is 0.906. The first-order valence-electron chi connectivity index (χ1n) is 5.50. The summed E-state index contributed by atoms with van der Waals surface area (Å²) in [5.74, 6) is -1.75. The Morgan fingerprint density at radius 2 is 1.90 bits per heavy atom. The van der Waals surface area contributed by atoms with Crippen molar-refractivity contribution in [1.29, 1.82) is 0 Å². The van der Waals surface area contributed by atoms with Gasteiger partial charge in [-0.2, -0.15) is 0 Å². The monoisotopic (exact) mass is 314 g/mol. The lowest BCUT2D eigenvalue weighted by Gasteiger charge is -2.10. The molecule has 0 amide bonds. The molecule has 0 aromatic heterocycles. The average Bonchev–Trinajstić information content (AvgIpc) is 2.41. The lowest BCUT2D eigenvalue weighted by Crippen LogP contribution is -2.00. The Kier molecular flexibility index (Phi) is 4.16. The van der Waals surface area contributed by atoms with Gasteiger partial charge in [-0.15, -0.1) is 0 Å². The van der Waals surface area contributed by atoms with Crippen LogP contribution >= 0.6 is 23.2 Å². The predicted molar refractivity (Wildman–Crippen MR) is 75.4 cm³/mol. The Bertz CT molecular complexity index is 686. The minimum absolute atomic E-state index is 0.327. The number of halogens is 3. The summed E-state index contributed by atoms with van der Waals surface area (Å²) in [7, 11) is 1.46. The van der Waals surface area contributed by atoms with Gasteiger partial charge in [-0.05, 0) is 23.8 Å². The molecule has 0 heterocycles. The van der Waals surface area contributed by atoms with Gasteiger partial charge in [-0.3, -0.25) is 0 Å². The number of benzene rings is 2. The Hall–Kier alpha value is -1.78. The summed E-state index contributed by atoms with van der Waals surface area (Å²) in [6.07, 6.45) is 0. The van der Waals surface area contributed by atoms with E-state index in [4.69, 9.17) is 33.0 Å². The Labute approximate surface area is 124 Å². The molecule has 0 atom stereocenters. The van der Waals surface area contributed by atoms with Crippen molar-refractivity contribution in [3.05, 3.63) is 51.8 Å². The second-order valence-electron chi connectivity index (χ2n) is 3.97. The molecule has 2 rings (SSSR count). The van der Waals surface area contributed by atoms with E-state index in [0.29, 0.717) is 26.9 Å². The molecule has 0 radical (unpaired) electrons. The van der Waals surface area contributed by atoms with Gasteiger partial charge in [0.05, 0.1) is 22.7 Å². The first-order chi connectivity index (χ1) is 9.43. The second-order valence-corrected chi connectivity index (χ2v) is 4.78. The van der Waals surface area contributed by atoms with E-state index in [0.717, 1.165) is 6.07 Å². The van der Waals surface area contributed by atoms with Crippen LogP contribution in [0.3, 0.4) is 0 Å². The molecule has 0 aliphatic rings. The van der Waals surface area contributed by atoms with Crippen LogP contribution in [0.5, 0.6) is 5.75 Å². The number of aromatic carboxylic acids is 1. The first-order valence-corrected chi connectivity index (χ1v) is 6.26. The van der Waals surface area contributed by atoms with Gasteiger partial charge in [-0.25, -0.2) is 9.18 Å². The highest BCUT2D eigenvalue weighted by Crippen LogP contribution is 2.37. The van der Waals surface area contributed by atoms with Gasteiger partial charge in [0.15, 0.2) is 0 Å². The van der Waals surface area contributed by atoms with Crippen LogP contribution in [0, 0.1) is 5.82 Å². The number of ether oxygens (including phenoxy) is 1. The Balaban J connectivity index is 2.60. The number of carboxylic acids is 1. The van der Waals surface area contributed by atoms with Crippen LogP contribution in [0.15, 0.2) is 30.3 Å². The fourth-order valence-electron chi connectivity index (χ4n) is 1.76. The van der Waals surface area contributed by atoms with Crippen LogP contribution in [-0.4, -0.2) is 18.2 Å². The zero-order valence-electron chi connectivity index (χ0n) is 10.3. The summed E-state index contributed by atoms with van der Waals surface area (Å²) in [6.45, 7) is 0. The lowest BCUT2D eigenvalue weighted by atomic mass is 10.0. The molecule has 0 saturated carbocycles. The molecule has 104 valence electrons. The van der Waals surface area contributed by atoms with Gasteiger partial charge in [0, 0.05) is 11.6 Å². The summed E-state index contributed by atoms with van der Waals surface area (Å²) < 4.78 is 18.4. The molecule has 3 nitrogen and oxygen atoms in total. The van der Waals surface area contributed by atoms with Crippen molar-refractivity contribution < 1.29 is 19.0 Å². The maximum atomic E-state index is 13.4. The summed E-state index contributed by atoms with van der Waals surface area (Å²) in [5.41, 5.74) is 0.531. The van der Waals surface area contributed by atoms with Gasteiger partial charge in [0.1, 0.15) is 11.6 Å². The highest BCUT2D eigenvalue weighted by Gasteiger charge is 2.14. The third-order valence-corrected chi connectivity index (χ3v) is 3.36. The van der Waals surface area contributed by atoms with Crippen molar-refractivity contribution in [2.45, 2.75) is 0 Å². The van der Waals surface area contributed by atoms with Gasteiger partial charge >= 0.3 is 5.97 Å². The predicted octanol–water partition coefficient (Wildman–Crippen LogP) is 4.51. The Morgan fingerprint density at radius 1 is 1.20 bits per heavy atom. The zero-order chi connectivity index (χ0) is 14.9. The smallest absolute Gasteiger partial charge is 0.338 e. The molecule has 0 saturated heterocycles. The third-order valence-electron chi connectivity index (χ3n) is 2.75. The highest BCUT2D eigenvalue weighted by atomic mass is 35.5. The van der Waals surface area contributed by atoms with Crippen molar-refractivity contribution in [1.82, 2.24) is 0 Å². The average molecular weight is 315 g/mol. The third kappa shape index (κ3) is 2.71. The fraction of sp³-hybridized carbons (Fsp3) is 0.0714. The van der Waals surface area contributed by atoms with Gasteiger partial charge in [0.2, 0.25) is 0 Å². The maximum Gasteiger partial charge on any atom is 0.338 e. The molecule has 0 spiro atoms. The molecule has 0 unspecified atom stereocenters. The van der Waals surface area contributed by atoms with E-state index in [-0.39, 0.29) is 0 Å². The van der Waals surface area contributed by atoms with E-state index < -0.39 is 17.3 Å². The van der Waals surface area contributed by atoms with Crippen molar-refractivity contribution in [2.75, 3.05) is 7.11 Å². The van der Waals surface area contributed by atoms with Crippen LogP contribution in [0.25, 0.3) is 11.1 Å². The molecule has 2 aromatic carbocycles.